The maximum absolute atomic E-state index is 10.9. The number of methoxy groups -OCH3 is 1. The van der Waals surface area contributed by atoms with Crippen LogP contribution in [0.5, 0.6) is 11.5 Å². The molecule has 5 nitrogen and oxygen atoms in total. The predicted molar refractivity (Wildman–Crippen MR) is 89.9 cm³/mol. The van der Waals surface area contributed by atoms with E-state index in [0.29, 0.717) is 23.7 Å². The van der Waals surface area contributed by atoms with Gasteiger partial charge in [0.2, 0.25) is 0 Å². The van der Waals surface area contributed by atoms with Crippen molar-refractivity contribution in [1.29, 1.82) is 5.26 Å². The molecule has 0 aliphatic rings. The lowest BCUT2D eigenvalue weighted by Gasteiger charge is -2.11. The standard InChI is InChI=1S/C19H17NO4/c1-23-17-8-7-15(11-16(13-20)19(21)22)12-18(17)24-10-9-14-5-3-2-4-6-14/h2-8,11-12H,9-10H2,1H3,(H,21,22). The van der Waals surface area contributed by atoms with Crippen LogP contribution < -0.4 is 9.47 Å². The number of rotatable bonds is 7. The SMILES string of the molecule is COc1ccc(C=C(C#N)C(=O)O)cc1OCCc1ccccc1. The fourth-order valence-corrected chi connectivity index (χ4v) is 2.13. The quantitative estimate of drug-likeness (QED) is 0.624. The Bertz CT molecular complexity index is 776. The molecule has 0 amide bonds. The van der Waals surface area contributed by atoms with E-state index in [1.54, 1.807) is 24.3 Å². The van der Waals surface area contributed by atoms with Crippen molar-refractivity contribution in [2.45, 2.75) is 6.42 Å². The van der Waals surface area contributed by atoms with Crippen molar-refractivity contribution in [3.05, 3.63) is 65.2 Å². The third-order valence-electron chi connectivity index (χ3n) is 3.34. The van der Waals surface area contributed by atoms with Gasteiger partial charge in [-0.1, -0.05) is 36.4 Å². The monoisotopic (exact) mass is 323 g/mol. The van der Waals surface area contributed by atoms with Crippen LogP contribution >= 0.6 is 0 Å². The molecule has 5 heteroatoms. The Morgan fingerprint density at radius 2 is 1.96 bits per heavy atom. The van der Waals surface area contributed by atoms with Crippen LogP contribution in [0.2, 0.25) is 0 Å². The fraction of sp³-hybridized carbons (Fsp3) is 0.158. The van der Waals surface area contributed by atoms with E-state index >= 15 is 0 Å². The Balaban J connectivity index is 2.14. The van der Waals surface area contributed by atoms with Crippen LogP contribution in [0.1, 0.15) is 11.1 Å². The average Bonchev–Trinajstić information content (AvgIpc) is 2.60. The summed E-state index contributed by atoms with van der Waals surface area (Å²) in [5.74, 6) is -0.209. The Morgan fingerprint density at radius 1 is 1.21 bits per heavy atom. The summed E-state index contributed by atoms with van der Waals surface area (Å²) in [6.07, 6.45) is 2.04. The van der Waals surface area contributed by atoms with Gasteiger partial charge in [0.05, 0.1) is 13.7 Å². The van der Waals surface area contributed by atoms with Gasteiger partial charge < -0.3 is 14.6 Å². The van der Waals surface area contributed by atoms with Gasteiger partial charge >= 0.3 is 5.97 Å². The van der Waals surface area contributed by atoms with Gasteiger partial charge in [-0.05, 0) is 29.3 Å². The summed E-state index contributed by atoms with van der Waals surface area (Å²) in [6.45, 7) is 0.456. The summed E-state index contributed by atoms with van der Waals surface area (Å²) in [7, 11) is 1.53. The number of carboxylic acids is 1. The highest BCUT2D eigenvalue weighted by atomic mass is 16.5. The number of carbonyl (C=O) groups is 1. The van der Waals surface area contributed by atoms with Crippen molar-refractivity contribution >= 4 is 12.0 Å². The Labute approximate surface area is 140 Å². The minimum atomic E-state index is -1.26. The van der Waals surface area contributed by atoms with E-state index in [1.165, 1.54) is 13.2 Å². The number of hydrogen-bond donors (Lipinski definition) is 1. The highest BCUT2D eigenvalue weighted by molar-refractivity contribution is 5.96. The molecule has 0 heterocycles. The molecule has 0 unspecified atom stereocenters. The molecule has 0 bridgehead atoms. The van der Waals surface area contributed by atoms with E-state index in [0.717, 1.165) is 12.0 Å². The van der Waals surface area contributed by atoms with Gasteiger partial charge in [-0.2, -0.15) is 5.26 Å². The first kappa shape index (κ1) is 17.1. The first-order valence-electron chi connectivity index (χ1n) is 7.34. The zero-order chi connectivity index (χ0) is 17.4. The number of benzene rings is 2. The summed E-state index contributed by atoms with van der Waals surface area (Å²) in [5.41, 5.74) is 1.38. The molecular formula is C19H17NO4. The first-order chi connectivity index (χ1) is 11.6. The zero-order valence-electron chi connectivity index (χ0n) is 13.2. The van der Waals surface area contributed by atoms with E-state index in [1.807, 2.05) is 30.3 Å². The van der Waals surface area contributed by atoms with Gasteiger partial charge in [0, 0.05) is 6.42 Å². The van der Waals surface area contributed by atoms with Crippen molar-refractivity contribution < 1.29 is 19.4 Å². The van der Waals surface area contributed by atoms with Crippen LogP contribution in [0.4, 0.5) is 0 Å². The van der Waals surface area contributed by atoms with Crippen molar-refractivity contribution in [2.75, 3.05) is 13.7 Å². The van der Waals surface area contributed by atoms with Gasteiger partial charge in [-0.3, -0.25) is 0 Å². The van der Waals surface area contributed by atoms with Crippen molar-refractivity contribution in [2.24, 2.45) is 0 Å². The van der Waals surface area contributed by atoms with Gasteiger partial charge in [-0.25, -0.2) is 4.79 Å². The van der Waals surface area contributed by atoms with Gasteiger partial charge in [-0.15, -0.1) is 0 Å². The molecule has 24 heavy (non-hydrogen) atoms. The highest BCUT2D eigenvalue weighted by Gasteiger charge is 2.09. The number of ether oxygens (including phenoxy) is 2. The number of nitriles is 1. The van der Waals surface area contributed by atoms with E-state index in [9.17, 15) is 4.79 Å². The normalized spacial score (nSPS) is 10.8. The number of nitrogens with zero attached hydrogens (tertiary/aromatic N) is 1. The smallest absolute Gasteiger partial charge is 0.346 e. The largest absolute Gasteiger partial charge is 0.493 e. The second-order valence-corrected chi connectivity index (χ2v) is 4.97. The minimum Gasteiger partial charge on any atom is -0.493 e. The minimum absolute atomic E-state index is 0.338. The molecule has 0 aliphatic carbocycles. The maximum atomic E-state index is 10.9. The molecule has 0 atom stereocenters. The Kier molecular flexibility index (Phi) is 5.98. The van der Waals surface area contributed by atoms with E-state index in [2.05, 4.69) is 0 Å². The van der Waals surface area contributed by atoms with Crippen molar-refractivity contribution in [3.8, 4) is 17.6 Å². The molecule has 0 aliphatic heterocycles. The van der Waals surface area contributed by atoms with Gasteiger partial charge in [0.1, 0.15) is 11.6 Å². The van der Waals surface area contributed by atoms with E-state index in [-0.39, 0.29) is 5.57 Å². The molecule has 0 fully saturated rings. The Hall–Kier alpha value is -3.26. The molecule has 0 aromatic heterocycles. The van der Waals surface area contributed by atoms with Crippen molar-refractivity contribution in [3.63, 3.8) is 0 Å². The molecule has 2 rings (SSSR count). The molecule has 0 saturated carbocycles. The van der Waals surface area contributed by atoms with E-state index < -0.39 is 5.97 Å². The summed E-state index contributed by atoms with van der Waals surface area (Å²) in [6, 6.07) is 16.6. The summed E-state index contributed by atoms with van der Waals surface area (Å²) in [4.78, 5) is 10.9. The van der Waals surface area contributed by atoms with Crippen molar-refractivity contribution in [1.82, 2.24) is 0 Å². The topological polar surface area (TPSA) is 79.5 Å². The van der Waals surface area contributed by atoms with Crippen LogP contribution in [-0.4, -0.2) is 24.8 Å². The van der Waals surface area contributed by atoms with Crippen LogP contribution in [-0.2, 0) is 11.2 Å². The van der Waals surface area contributed by atoms with Crippen LogP contribution in [0.25, 0.3) is 6.08 Å². The lowest BCUT2D eigenvalue weighted by atomic mass is 10.1. The summed E-state index contributed by atoms with van der Waals surface area (Å²) in [5, 5.41) is 17.8. The number of aliphatic carboxylic acids is 1. The first-order valence-corrected chi connectivity index (χ1v) is 7.34. The second-order valence-electron chi connectivity index (χ2n) is 4.97. The molecule has 0 saturated heterocycles. The molecule has 2 aromatic carbocycles. The molecule has 122 valence electrons. The summed E-state index contributed by atoms with van der Waals surface area (Å²) < 4.78 is 11.0. The van der Waals surface area contributed by atoms with E-state index in [4.69, 9.17) is 19.8 Å². The molecule has 2 aromatic rings. The lowest BCUT2D eigenvalue weighted by Crippen LogP contribution is -2.03. The average molecular weight is 323 g/mol. The zero-order valence-corrected chi connectivity index (χ0v) is 13.2. The molecule has 0 spiro atoms. The lowest BCUT2D eigenvalue weighted by molar-refractivity contribution is -0.132. The highest BCUT2D eigenvalue weighted by Crippen LogP contribution is 2.29. The van der Waals surface area contributed by atoms with Crippen LogP contribution in [0, 0.1) is 11.3 Å². The molecule has 0 radical (unpaired) electrons. The second kappa shape index (κ2) is 8.39. The number of carboxylic acid groups (broad SMARTS) is 1. The Morgan fingerprint density at radius 3 is 2.58 bits per heavy atom. The molecule has 1 N–H and O–H groups in total. The van der Waals surface area contributed by atoms with Crippen LogP contribution in [0.3, 0.4) is 0 Å². The van der Waals surface area contributed by atoms with Crippen LogP contribution in [0.15, 0.2) is 54.1 Å². The summed E-state index contributed by atoms with van der Waals surface area (Å²) >= 11 is 0. The third kappa shape index (κ3) is 4.62. The predicted octanol–water partition coefficient (Wildman–Crippen LogP) is 3.31. The van der Waals surface area contributed by atoms with Gasteiger partial charge in [0.25, 0.3) is 0 Å². The maximum Gasteiger partial charge on any atom is 0.346 e. The molecular weight excluding hydrogens is 306 g/mol. The van der Waals surface area contributed by atoms with Gasteiger partial charge in [0.15, 0.2) is 11.5 Å². The number of hydrogen-bond acceptors (Lipinski definition) is 4. The fourth-order valence-electron chi connectivity index (χ4n) is 2.13. The third-order valence-corrected chi connectivity index (χ3v) is 3.34.